The van der Waals surface area contributed by atoms with E-state index in [0.717, 1.165) is 17.3 Å². The maximum absolute atomic E-state index is 14.1. The largest absolute Gasteiger partial charge is 0.395 e. The SMILES string of the molecule is CC(C)(C)c1cccc(C2(NCC(O)C(Cc3cc(F)cc(F)c3)C(=O)Nc3ccccc3)CCC(=NOCCN)CC2)c1. The van der Waals surface area contributed by atoms with Gasteiger partial charge in [0, 0.05) is 30.4 Å². The fraction of sp³-hybridized carbons (Fsp3) is 0.429. The van der Waals surface area contributed by atoms with Gasteiger partial charge in [0.15, 0.2) is 0 Å². The van der Waals surface area contributed by atoms with Gasteiger partial charge in [-0.25, -0.2) is 8.78 Å². The van der Waals surface area contributed by atoms with Gasteiger partial charge in [-0.1, -0.05) is 68.4 Å². The van der Waals surface area contributed by atoms with Gasteiger partial charge in [0.2, 0.25) is 5.91 Å². The molecule has 0 spiro atoms. The molecule has 1 saturated carbocycles. The van der Waals surface area contributed by atoms with Crippen molar-refractivity contribution in [1.29, 1.82) is 0 Å². The lowest BCUT2D eigenvalue weighted by Crippen LogP contribution is -2.50. The highest BCUT2D eigenvalue weighted by molar-refractivity contribution is 5.93. The van der Waals surface area contributed by atoms with Gasteiger partial charge in [0.05, 0.1) is 17.7 Å². The van der Waals surface area contributed by atoms with Crippen LogP contribution in [0.25, 0.3) is 0 Å². The number of amides is 1. The van der Waals surface area contributed by atoms with Crippen LogP contribution in [-0.2, 0) is 27.0 Å². The Morgan fingerprint density at radius 2 is 1.70 bits per heavy atom. The molecule has 0 saturated heterocycles. The summed E-state index contributed by atoms with van der Waals surface area (Å²) < 4.78 is 28.1. The Balaban J connectivity index is 1.60. The summed E-state index contributed by atoms with van der Waals surface area (Å²) in [6.07, 6.45) is 1.58. The highest BCUT2D eigenvalue weighted by Gasteiger charge is 2.38. The monoisotopic (exact) mass is 606 g/mol. The number of nitrogens with zero attached hydrogens (tertiary/aromatic N) is 1. The van der Waals surface area contributed by atoms with E-state index in [2.05, 4.69) is 60.8 Å². The van der Waals surface area contributed by atoms with Crippen molar-refractivity contribution in [2.24, 2.45) is 16.8 Å². The molecule has 2 atom stereocenters. The van der Waals surface area contributed by atoms with E-state index in [0.29, 0.717) is 50.1 Å². The zero-order valence-corrected chi connectivity index (χ0v) is 25.8. The number of oxime groups is 1. The Labute approximate surface area is 258 Å². The maximum atomic E-state index is 14.1. The molecular formula is C35H44F2N4O3. The third-order valence-electron chi connectivity index (χ3n) is 8.23. The van der Waals surface area contributed by atoms with Crippen molar-refractivity contribution in [2.75, 3.05) is 25.0 Å². The number of nitrogens with two attached hydrogens (primary N) is 1. The van der Waals surface area contributed by atoms with Crippen LogP contribution < -0.4 is 16.4 Å². The molecule has 0 aliphatic heterocycles. The third kappa shape index (κ3) is 8.94. The molecule has 0 radical (unpaired) electrons. The standard InChI is InChI=1S/C35H44F2N4O3/c1-34(2,3)25-8-7-9-26(21-25)35(14-12-30(13-15-35)41-44-17-16-38)39-23-32(42)31(20-24-18-27(36)22-28(37)19-24)33(43)40-29-10-5-4-6-11-29/h4-11,18-19,21-22,31-32,39,42H,12-17,20,23,38H2,1-3H3,(H,40,43). The quantitative estimate of drug-likeness (QED) is 0.154. The van der Waals surface area contributed by atoms with Crippen molar-refractivity contribution in [2.45, 2.75) is 69.9 Å². The van der Waals surface area contributed by atoms with E-state index in [1.165, 1.54) is 17.7 Å². The Morgan fingerprint density at radius 1 is 1.02 bits per heavy atom. The average Bonchev–Trinajstić information content (AvgIpc) is 2.99. The van der Waals surface area contributed by atoms with Gasteiger partial charge >= 0.3 is 0 Å². The van der Waals surface area contributed by atoms with Crippen molar-refractivity contribution < 1.29 is 23.5 Å². The smallest absolute Gasteiger partial charge is 0.230 e. The molecule has 0 heterocycles. The van der Waals surface area contributed by atoms with E-state index in [9.17, 15) is 18.7 Å². The number of carbonyl (C=O) groups excluding carboxylic acids is 1. The molecule has 5 N–H and O–H groups in total. The first-order chi connectivity index (χ1) is 21.0. The first-order valence-corrected chi connectivity index (χ1v) is 15.2. The maximum Gasteiger partial charge on any atom is 0.230 e. The lowest BCUT2D eigenvalue weighted by molar-refractivity contribution is -0.123. The number of hydrogen-bond donors (Lipinski definition) is 4. The van der Waals surface area contributed by atoms with Crippen LogP contribution in [0.5, 0.6) is 0 Å². The van der Waals surface area contributed by atoms with Gasteiger partial charge in [0.25, 0.3) is 0 Å². The van der Waals surface area contributed by atoms with Gasteiger partial charge in [0.1, 0.15) is 18.2 Å². The van der Waals surface area contributed by atoms with Crippen LogP contribution >= 0.6 is 0 Å². The second-order valence-corrected chi connectivity index (χ2v) is 12.6. The number of hydrogen-bond acceptors (Lipinski definition) is 6. The van der Waals surface area contributed by atoms with Crippen LogP contribution in [0.3, 0.4) is 0 Å². The molecular weight excluding hydrogens is 562 g/mol. The predicted molar refractivity (Wildman–Crippen MR) is 170 cm³/mol. The first kappa shape index (κ1) is 33.2. The van der Waals surface area contributed by atoms with Crippen LogP contribution in [-0.4, -0.2) is 42.5 Å². The highest BCUT2D eigenvalue weighted by Crippen LogP contribution is 2.38. The minimum atomic E-state index is -1.16. The molecule has 1 aliphatic carbocycles. The van der Waals surface area contributed by atoms with Crippen molar-refractivity contribution in [3.8, 4) is 0 Å². The van der Waals surface area contributed by atoms with E-state index >= 15 is 0 Å². The zero-order chi connectivity index (χ0) is 31.7. The molecule has 9 heteroatoms. The van der Waals surface area contributed by atoms with E-state index in [-0.39, 0.29) is 18.4 Å². The summed E-state index contributed by atoms with van der Waals surface area (Å²) in [5.74, 6) is -2.88. The van der Waals surface area contributed by atoms with Crippen molar-refractivity contribution in [3.63, 3.8) is 0 Å². The Morgan fingerprint density at radius 3 is 2.34 bits per heavy atom. The van der Waals surface area contributed by atoms with Crippen LogP contribution in [0.1, 0.15) is 63.1 Å². The minimum Gasteiger partial charge on any atom is -0.395 e. The Bertz CT molecular complexity index is 1390. The number of aliphatic hydroxyl groups excluding tert-OH is 1. The fourth-order valence-electron chi connectivity index (χ4n) is 5.68. The second kappa shape index (κ2) is 14.9. The lowest BCUT2D eigenvalue weighted by atomic mass is 9.74. The molecule has 3 aromatic carbocycles. The first-order valence-electron chi connectivity index (χ1n) is 15.2. The number of nitrogens with one attached hydrogen (secondary N) is 2. The summed E-state index contributed by atoms with van der Waals surface area (Å²) in [5, 5.41) is 22.3. The molecule has 0 aromatic heterocycles. The molecule has 0 bridgehead atoms. The lowest BCUT2D eigenvalue weighted by Gasteiger charge is -2.41. The molecule has 1 amide bonds. The molecule has 1 aliphatic rings. The number of carbonyl (C=O) groups is 1. The number of aliphatic hydroxyl groups is 1. The second-order valence-electron chi connectivity index (χ2n) is 12.6. The number of halogens is 2. The summed E-state index contributed by atoms with van der Waals surface area (Å²) in [7, 11) is 0. The fourth-order valence-corrected chi connectivity index (χ4v) is 5.68. The Kier molecular flexibility index (Phi) is 11.2. The number of rotatable bonds is 12. The van der Waals surface area contributed by atoms with Gasteiger partial charge < -0.3 is 26.3 Å². The number of para-hydroxylation sites is 1. The summed E-state index contributed by atoms with van der Waals surface area (Å²) in [6.45, 7) is 7.33. The van der Waals surface area contributed by atoms with Gasteiger partial charge in [-0.3, -0.25) is 4.79 Å². The molecule has 2 unspecified atom stereocenters. The van der Waals surface area contributed by atoms with Crippen molar-refractivity contribution in [1.82, 2.24) is 5.32 Å². The molecule has 3 aromatic rings. The Hall–Kier alpha value is -3.66. The van der Waals surface area contributed by atoms with E-state index in [1.807, 2.05) is 6.07 Å². The summed E-state index contributed by atoms with van der Waals surface area (Å²) in [4.78, 5) is 18.9. The summed E-state index contributed by atoms with van der Waals surface area (Å²) >= 11 is 0. The zero-order valence-electron chi connectivity index (χ0n) is 25.8. The summed E-state index contributed by atoms with van der Waals surface area (Å²) in [5.41, 5.74) is 9.08. The van der Waals surface area contributed by atoms with Gasteiger partial charge in [-0.2, -0.15) is 0 Å². The topological polar surface area (TPSA) is 109 Å². The number of anilines is 1. The van der Waals surface area contributed by atoms with Gasteiger partial charge in [-0.05, 0) is 78.5 Å². The summed E-state index contributed by atoms with van der Waals surface area (Å²) in [6, 6.07) is 20.6. The molecule has 44 heavy (non-hydrogen) atoms. The highest BCUT2D eigenvalue weighted by atomic mass is 19.1. The molecule has 4 rings (SSSR count). The van der Waals surface area contributed by atoms with Crippen LogP contribution in [0.15, 0.2) is 78.0 Å². The van der Waals surface area contributed by atoms with Crippen LogP contribution in [0.4, 0.5) is 14.5 Å². The molecule has 7 nitrogen and oxygen atoms in total. The third-order valence-corrected chi connectivity index (χ3v) is 8.23. The minimum absolute atomic E-state index is 0.0437. The van der Waals surface area contributed by atoms with E-state index < -0.39 is 35.1 Å². The van der Waals surface area contributed by atoms with E-state index in [1.54, 1.807) is 24.3 Å². The van der Waals surface area contributed by atoms with Gasteiger partial charge in [-0.15, -0.1) is 0 Å². The average molecular weight is 607 g/mol. The predicted octanol–water partition coefficient (Wildman–Crippen LogP) is 5.81. The number of benzene rings is 3. The molecule has 1 fully saturated rings. The molecule has 236 valence electrons. The van der Waals surface area contributed by atoms with E-state index in [4.69, 9.17) is 10.6 Å². The van der Waals surface area contributed by atoms with Crippen LogP contribution in [0.2, 0.25) is 0 Å². The van der Waals surface area contributed by atoms with Crippen molar-refractivity contribution in [3.05, 3.63) is 101 Å². The normalized spacial score (nSPS) is 18.4. The van der Waals surface area contributed by atoms with Crippen LogP contribution in [0, 0.1) is 17.6 Å². The van der Waals surface area contributed by atoms with Crippen molar-refractivity contribution >= 4 is 17.3 Å².